The van der Waals surface area contributed by atoms with Gasteiger partial charge < -0.3 is 5.32 Å². The highest BCUT2D eigenvalue weighted by Gasteiger charge is 2.16. The topological polar surface area (TPSA) is 42.7 Å². The fourth-order valence-corrected chi connectivity index (χ4v) is 3.13. The van der Waals surface area contributed by atoms with E-state index < -0.39 is 0 Å². The molecule has 1 unspecified atom stereocenters. The summed E-state index contributed by atoms with van der Waals surface area (Å²) < 4.78 is 1.97. The first kappa shape index (κ1) is 14.2. The van der Waals surface area contributed by atoms with E-state index in [1.54, 1.807) is 11.3 Å². The predicted molar refractivity (Wildman–Crippen MR) is 79.7 cm³/mol. The van der Waals surface area contributed by atoms with Crippen LogP contribution in [0.25, 0.3) is 0 Å². The van der Waals surface area contributed by atoms with Gasteiger partial charge in [-0.25, -0.2) is 4.98 Å². The molecule has 0 saturated carbocycles. The lowest BCUT2D eigenvalue weighted by Crippen LogP contribution is -2.33. The molecule has 2 heterocycles. The molecule has 2 aromatic heterocycles. The van der Waals surface area contributed by atoms with E-state index in [1.807, 2.05) is 23.3 Å². The Hall–Kier alpha value is -1.20. The summed E-state index contributed by atoms with van der Waals surface area (Å²) in [6, 6.07) is 0.428. The maximum Gasteiger partial charge on any atom is 0.0940 e. The van der Waals surface area contributed by atoms with Crippen LogP contribution >= 0.6 is 11.3 Å². The van der Waals surface area contributed by atoms with E-state index >= 15 is 0 Å². The standard InChI is InChI=1S/C14H22N4S/c1-5-15-12(9-14-16-6-7-19-14)8-13-10(2)17-18(4)11(13)3/h6-7,12,15H,5,8-9H2,1-4H3. The molecule has 19 heavy (non-hydrogen) atoms. The molecule has 0 aliphatic carbocycles. The molecule has 4 nitrogen and oxygen atoms in total. The van der Waals surface area contributed by atoms with Crippen LogP contribution in [0.15, 0.2) is 11.6 Å². The van der Waals surface area contributed by atoms with Crippen molar-refractivity contribution in [2.24, 2.45) is 7.05 Å². The van der Waals surface area contributed by atoms with Crippen molar-refractivity contribution in [1.82, 2.24) is 20.1 Å². The van der Waals surface area contributed by atoms with Crippen molar-refractivity contribution in [3.05, 3.63) is 33.5 Å². The summed E-state index contributed by atoms with van der Waals surface area (Å²) in [6.45, 7) is 7.36. The van der Waals surface area contributed by atoms with Crippen molar-refractivity contribution in [1.29, 1.82) is 0 Å². The molecule has 0 bridgehead atoms. The zero-order valence-electron chi connectivity index (χ0n) is 12.1. The third-order valence-corrected chi connectivity index (χ3v) is 4.31. The van der Waals surface area contributed by atoms with E-state index in [2.05, 4.69) is 36.2 Å². The summed E-state index contributed by atoms with van der Waals surface area (Å²) in [6.07, 6.45) is 3.88. The van der Waals surface area contributed by atoms with Gasteiger partial charge in [0.1, 0.15) is 0 Å². The van der Waals surface area contributed by atoms with Crippen molar-refractivity contribution in [2.75, 3.05) is 6.54 Å². The second-order valence-corrected chi connectivity index (χ2v) is 5.84. The van der Waals surface area contributed by atoms with Gasteiger partial charge in [0.25, 0.3) is 0 Å². The average molecular weight is 278 g/mol. The Bertz CT molecular complexity index is 516. The van der Waals surface area contributed by atoms with Crippen molar-refractivity contribution in [3.8, 4) is 0 Å². The van der Waals surface area contributed by atoms with Gasteiger partial charge in [0.15, 0.2) is 0 Å². The molecular formula is C14H22N4S. The number of aryl methyl sites for hydroxylation is 2. The van der Waals surface area contributed by atoms with Gasteiger partial charge in [-0.15, -0.1) is 11.3 Å². The van der Waals surface area contributed by atoms with E-state index in [0.29, 0.717) is 6.04 Å². The van der Waals surface area contributed by atoms with Gasteiger partial charge in [-0.3, -0.25) is 4.68 Å². The Morgan fingerprint density at radius 1 is 1.37 bits per heavy atom. The molecule has 0 radical (unpaired) electrons. The highest BCUT2D eigenvalue weighted by Crippen LogP contribution is 2.17. The van der Waals surface area contributed by atoms with Crippen molar-refractivity contribution >= 4 is 11.3 Å². The van der Waals surface area contributed by atoms with Crippen LogP contribution in [0.4, 0.5) is 0 Å². The van der Waals surface area contributed by atoms with E-state index in [4.69, 9.17) is 0 Å². The molecule has 0 aromatic carbocycles. The van der Waals surface area contributed by atoms with Crippen LogP contribution in [0.3, 0.4) is 0 Å². The third-order valence-electron chi connectivity index (χ3n) is 3.51. The van der Waals surface area contributed by atoms with Crippen molar-refractivity contribution < 1.29 is 0 Å². The van der Waals surface area contributed by atoms with Gasteiger partial charge in [-0.2, -0.15) is 5.10 Å². The number of aromatic nitrogens is 3. The highest BCUT2D eigenvalue weighted by atomic mass is 32.1. The number of nitrogens with one attached hydrogen (secondary N) is 1. The first-order valence-electron chi connectivity index (χ1n) is 6.72. The van der Waals surface area contributed by atoms with Gasteiger partial charge in [0.05, 0.1) is 10.7 Å². The highest BCUT2D eigenvalue weighted by molar-refractivity contribution is 7.09. The lowest BCUT2D eigenvalue weighted by atomic mass is 10.0. The first-order valence-corrected chi connectivity index (χ1v) is 7.60. The predicted octanol–water partition coefficient (Wildman–Crippen LogP) is 2.26. The zero-order chi connectivity index (χ0) is 13.8. The molecule has 1 N–H and O–H groups in total. The fraction of sp³-hybridized carbons (Fsp3) is 0.571. The summed E-state index contributed by atoms with van der Waals surface area (Å²) in [4.78, 5) is 4.39. The summed E-state index contributed by atoms with van der Waals surface area (Å²) in [7, 11) is 2.01. The van der Waals surface area contributed by atoms with Crippen LogP contribution in [-0.2, 0) is 19.9 Å². The van der Waals surface area contributed by atoms with Gasteiger partial charge in [-0.1, -0.05) is 6.92 Å². The maximum absolute atomic E-state index is 4.50. The Morgan fingerprint density at radius 3 is 2.68 bits per heavy atom. The first-order chi connectivity index (χ1) is 9.11. The second kappa shape index (κ2) is 6.30. The quantitative estimate of drug-likeness (QED) is 0.881. The molecule has 5 heteroatoms. The van der Waals surface area contributed by atoms with Gasteiger partial charge in [-0.05, 0) is 32.4 Å². The molecule has 0 amide bonds. The fourth-order valence-electron chi connectivity index (χ4n) is 2.43. The van der Waals surface area contributed by atoms with Gasteiger partial charge >= 0.3 is 0 Å². The number of likely N-dealkylation sites (N-methyl/N-ethyl adjacent to an activating group) is 1. The molecule has 1 atom stereocenters. The summed E-state index contributed by atoms with van der Waals surface area (Å²) in [5.41, 5.74) is 3.77. The van der Waals surface area contributed by atoms with E-state index in [-0.39, 0.29) is 0 Å². The summed E-state index contributed by atoms with van der Waals surface area (Å²) in [5, 5.41) is 11.3. The van der Waals surface area contributed by atoms with Crippen LogP contribution < -0.4 is 5.32 Å². The number of hydrogen-bond acceptors (Lipinski definition) is 4. The lowest BCUT2D eigenvalue weighted by Gasteiger charge is -2.17. The minimum atomic E-state index is 0.428. The smallest absolute Gasteiger partial charge is 0.0940 e. The van der Waals surface area contributed by atoms with E-state index in [1.165, 1.54) is 16.3 Å². The SMILES string of the molecule is CCNC(Cc1nccs1)Cc1c(C)nn(C)c1C. The van der Waals surface area contributed by atoms with Crippen LogP contribution in [0, 0.1) is 13.8 Å². The zero-order valence-corrected chi connectivity index (χ0v) is 12.9. The molecule has 0 aliphatic heterocycles. The molecule has 0 aliphatic rings. The number of nitrogens with zero attached hydrogens (tertiary/aromatic N) is 3. The Balaban J connectivity index is 2.11. The monoisotopic (exact) mass is 278 g/mol. The normalized spacial score (nSPS) is 12.8. The van der Waals surface area contributed by atoms with Crippen molar-refractivity contribution in [3.63, 3.8) is 0 Å². The number of hydrogen-bond donors (Lipinski definition) is 1. The average Bonchev–Trinajstić information content (AvgIpc) is 2.94. The molecule has 2 aromatic rings. The Kier molecular flexibility index (Phi) is 4.71. The molecule has 2 rings (SSSR count). The second-order valence-electron chi connectivity index (χ2n) is 4.86. The van der Waals surface area contributed by atoms with E-state index in [9.17, 15) is 0 Å². The van der Waals surface area contributed by atoms with Crippen LogP contribution in [0.5, 0.6) is 0 Å². The van der Waals surface area contributed by atoms with Gasteiger partial charge in [0, 0.05) is 36.8 Å². The van der Waals surface area contributed by atoms with Crippen LogP contribution in [-0.4, -0.2) is 27.4 Å². The third kappa shape index (κ3) is 3.42. The lowest BCUT2D eigenvalue weighted by molar-refractivity contribution is 0.518. The Morgan fingerprint density at radius 2 is 2.16 bits per heavy atom. The molecule has 104 valence electrons. The minimum Gasteiger partial charge on any atom is -0.314 e. The number of rotatable bonds is 6. The Labute approximate surface area is 118 Å². The van der Waals surface area contributed by atoms with Gasteiger partial charge in [0.2, 0.25) is 0 Å². The summed E-state index contributed by atoms with van der Waals surface area (Å²) in [5.74, 6) is 0. The maximum atomic E-state index is 4.50. The molecule has 0 spiro atoms. The van der Waals surface area contributed by atoms with E-state index in [0.717, 1.165) is 25.1 Å². The number of thiazole rings is 1. The molecule has 0 fully saturated rings. The largest absolute Gasteiger partial charge is 0.314 e. The summed E-state index contributed by atoms with van der Waals surface area (Å²) >= 11 is 1.73. The molecular weight excluding hydrogens is 256 g/mol. The molecule has 0 saturated heterocycles. The minimum absolute atomic E-state index is 0.428. The van der Waals surface area contributed by atoms with Crippen LogP contribution in [0.2, 0.25) is 0 Å². The van der Waals surface area contributed by atoms with Crippen molar-refractivity contribution in [2.45, 2.75) is 39.7 Å². The van der Waals surface area contributed by atoms with Crippen LogP contribution in [0.1, 0.15) is 28.9 Å².